The first-order valence-electron chi connectivity index (χ1n) is 3.14. The highest BCUT2D eigenvalue weighted by molar-refractivity contribution is 8.76. The van der Waals surface area contributed by atoms with E-state index in [4.69, 9.17) is 2.74 Å². The Morgan fingerprint density at radius 1 is 1.20 bits per heavy atom. The lowest BCUT2D eigenvalue weighted by Crippen LogP contribution is -1.86. The zero-order valence-corrected chi connectivity index (χ0v) is 6.50. The monoisotopic (exact) mass is 184 g/mol. The maximum Gasteiger partial charge on any atom is 0.293 e. The maximum absolute atomic E-state index is 9.89. The fraction of sp³-hybridized carbons (Fsp3) is 0.500. The van der Waals surface area contributed by atoms with Crippen LogP contribution in [0.3, 0.4) is 0 Å². The van der Waals surface area contributed by atoms with Crippen LogP contribution in [0.2, 0.25) is 0 Å². The van der Waals surface area contributed by atoms with E-state index in [1.165, 1.54) is 0 Å². The molecule has 0 unspecified atom stereocenters. The van der Waals surface area contributed by atoms with E-state index in [1.807, 2.05) is 0 Å². The lowest BCUT2D eigenvalue weighted by atomic mass is 11.5. The normalized spacial score (nSPS) is 11.2. The Kier molecular flexibility index (Phi) is 5.49. The topological polar surface area (TPSA) is 52.6 Å². The van der Waals surface area contributed by atoms with E-state index in [-0.39, 0.29) is 11.9 Å². The van der Waals surface area contributed by atoms with Crippen LogP contribution in [0.15, 0.2) is 0 Å². The van der Waals surface area contributed by atoms with E-state index in [9.17, 15) is 9.59 Å². The minimum absolute atomic E-state index is 0.0303. The zero-order chi connectivity index (χ0) is 9.40. The van der Waals surface area contributed by atoms with Crippen molar-refractivity contribution >= 4 is 34.5 Å². The largest absolute Gasteiger partial charge is 0.456 e. The van der Waals surface area contributed by atoms with Crippen molar-refractivity contribution in [1.82, 2.24) is 0 Å². The van der Waals surface area contributed by atoms with Gasteiger partial charge in [0.1, 0.15) is 11.9 Å². The molecule has 0 radical (unpaired) electrons. The van der Waals surface area contributed by atoms with Gasteiger partial charge in [-0.2, -0.15) is 0 Å². The van der Waals surface area contributed by atoms with Crippen molar-refractivity contribution in [2.24, 2.45) is 0 Å². The number of rotatable bonds is 5. The quantitative estimate of drug-likeness (QED) is 0.270. The van der Waals surface area contributed by atoms with Gasteiger partial charge in [-0.05, 0) is 21.6 Å². The Morgan fingerprint density at radius 2 is 1.60 bits per heavy atom. The van der Waals surface area contributed by atoms with Crippen LogP contribution in [0, 0.1) is 0 Å². The molecule has 0 amide bonds. The molecule has 0 aromatic carbocycles. The van der Waals surface area contributed by atoms with Crippen LogP contribution in [-0.4, -0.2) is 24.8 Å². The molecule has 0 aromatic heterocycles. The third-order valence-corrected chi connectivity index (χ3v) is 2.09. The van der Waals surface area contributed by atoms with Gasteiger partial charge in [-0.3, -0.25) is 9.59 Å². The number of hydrogen-bond donors (Lipinski definition) is 0. The van der Waals surface area contributed by atoms with Gasteiger partial charge in [-0.15, -0.1) is 0 Å². The van der Waals surface area contributed by atoms with E-state index < -0.39 is 12.9 Å². The molecule has 0 bridgehead atoms. The average molecular weight is 184 g/mol. The summed E-state index contributed by atoms with van der Waals surface area (Å²) in [6.45, 7) is 0. The highest BCUT2D eigenvalue weighted by Gasteiger charge is 1.87. The Hall–Kier alpha value is -0.360. The molecule has 0 aromatic rings. The SMILES string of the molecule is [2H]C(=O)OCSSCOC([2H])=O. The number of ether oxygens (including phenoxy) is 2. The standard InChI is InChI=1S/C4H6O4S2/c5-1-7-3-9-10-4-8-2-6/h1-2H,3-4H2/i1D,2D. The molecule has 0 N–H and O–H groups in total. The summed E-state index contributed by atoms with van der Waals surface area (Å²) in [7, 11) is 2.23. The van der Waals surface area contributed by atoms with Gasteiger partial charge in [0.2, 0.25) is 0 Å². The minimum atomic E-state index is -1.10. The van der Waals surface area contributed by atoms with Gasteiger partial charge in [0.05, 0.1) is 0 Å². The molecule has 0 aliphatic carbocycles. The van der Waals surface area contributed by atoms with Crippen LogP contribution >= 0.6 is 21.6 Å². The van der Waals surface area contributed by atoms with E-state index in [2.05, 4.69) is 9.47 Å². The van der Waals surface area contributed by atoms with Crippen LogP contribution in [-0.2, 0) is 19.1 Å². The third-order valence-electron chi connectivity index (χ3n) is 0.415. The van der Waals surface area contributed by atoms with Gasteiger partial charge in [0.15, 0.2) is 2.74 Å². The molecule has 58 valence electrons. The molecular weight excluding hydrogens is 176 g/mol. The average Bonchev–Trinajstić information content (AvgIpc) is 1.95. The third kappa shape index (κ3) is 7.64. The second-order valence-corrected chi connectivity index (χ2v) is 3.28. The lowest BCUT2D eigenvalue weighted by molar-refractivity contribution is -0.127. The minimum Gasteiger partial charge on any atom is -0.456 e. The summed E-state index contributed by atoms with van der Waals surface area (Å²) < 4.78 is 21.1. The predicted octanol–water partition coefficient (Wildman–Crippen LogP) is 0.629. The maximum atomic E-state index is 9.89. The van der Waals surface area contributed by atoms with E-state index in [0.717, 1.165) is 21.6 Å². The first-order chi connectivity index (χ1) is 5.63. The van der Waals surface area contributed by atoms with Crippen LogP contribution in [0.5, 0.6) is 0 Å². The van der Waals surface area contributed by atoms with Crippen molar-refractivity contribution in [3.8, 4) is 0 Å². The van der Waals surface area contributed by atoms with Crippen molar-refractivity contribution in [3.63, 3.8) is 0 Å². The summed E-state index contributed by atoms with van der Waals surface area (Å²) in [5, 5.41) is 0. The summed E-state index contributed by atoms with van der Waals surface area (Å²) >= 11 is 0. The van der Waals surface area contributed by atoms with Crippen LogP contribution in [0.1, 0.15) is 2.74 Å². The molecule has 0 aliphatic rings. The Morgan fingerprint density at radius 3 is 1.90 bits per heavy atom. The van der Waals surface area contributed by atoms with Crippen molar-refractivity contribution in [1.29, 1.82) is 0 Å². The molecule has 0 heterocycles. The van der Waals surface area contributed by atoms with Crippen molar-refractivity contribution in [2.75, 3.05) is 11.9 Å². The van der Waals surface area contributed by atoms with Crippen LogP contribution in [0.4, 0.5) is 0 Å². The summed E-state index contributed by atoms with van der Waals surface area (Å²) in [4.78, 5) is 19.8. The Balaban J connectivity index is 3.01. The fourth-order valence-electron chi connectivity index (χ4n) is 0.164. The van der Waals surface area contributed by atoms with Crippen molar-refractivity contribution in [2.45, 2.75) is 0 Å². The first kappa shape index (κ1) is 6.36. The van der Waals surface area contributed by atoms with Gasteiger partial charge in [-0.25, -0.2) is 0 Å². The lowest BCUT2D eigenvalue weighted by Gasteiger charge is -1.96. The van der Waals surface area contributed by atoms with E-state index in [1.54, 1.807) is 0 Å². The number of hydrogen-bond acceptors (Lipinski definition) is 6. The molecule has 0 saturated carbocycles. The molecule has 0 rings (SSSR count). The summed E-state index contributed by atoms with van der Waals surface area (Å²) in [6, 6.07) is 0. The molecule has 6 heteroatoms. The first-order valence-corrected chi connectivity index (χ1v) is 4.63. The highest BCUT2D eigenvalue weighted by atomic mass is 33.1. The van der Waals surface area contributed by atoms with Gasteiger partial charge < -0.3 is 9.47 Å². The highest BCUT2D eigenvalue weighted by Crippen LogP contribution is 2.19. The molecule has 0 spiro atoms. The molecule has 4 nitrogen and oxygen atoms in total. The smallest absolute Gasteiger partial charge is 0.293 e. The number of carbonyl (C=O) groups excluding carboxylic acids is 2. The van der Waals surface area contributed by atoms with Gasteiger partial charge in [0, 0.05) is 0 Å². The molecule has 10 heavy (non-hydrogen) atoms. The van der Waals surface area contributed by atoms with Crippen molar-refractivity contribution in [3.05, 3.63) is 0 Å². The molecule has 0 aliphatic heterocycles. The van der Waals surface area contributed by atoms with Crippen molar-refractivity contribution < 1.29 is 21.8 Å². The van der Waals surface area contributed by atoms with Crippen LogP contribution in [0.25, 0.3) is 0 Å². The second kappa shape index (κ2) is 8.64. The predicted molar refractivity (Wildman–Crippen MR) is 39.2 cm³/mol. The summed E-state index contributed by atoms with van der Waals surface area (Å²) in [5.41, 5.74) is 0. The Bertz CT molecular complexity index is 147. The second-order valence-electron chi connectivity index (χ2n) is 0.927. The fourth-order valence-corrected chi connectivity index (χ4v) is 1.19. The number of carbonyl (C=O) groups is 2. The Labute approximate surface area is 68.8 Å². The van der Waals surface area contributed by atoms with Gasteiger partial charge in [0.25, 0.3) is 12.9 Å². The molecule has 0 saturated heterocycles. The zero-order valence-electron chi connectivity index (χ0n) is 6.86. The summed E-state index contributed by atoms with van der Waals surface area (Å²) in [5.74, 6) is 0.0606. The van der Waals surface area contributed by atoms with E-state index in [0.29, 0.717) is 0 Å². The van der Waals surface area contributed by atoms with E-state index >= 15 is 0 Å². The summed E-state index contributed by atoms with van der Waals surface area (Å²) in [6.07, 6.45) is -2.19. The molecule has 0 atom stereocenters. The van der Waals surface area contributed by atoms with Gasteiger partial charge >= 0.3 is 0 Å². The molecule has 0 fully saturated rings. The van der Waals surface area contributed by atoms with Gasteiger partial charge in [-0.1, -0.05) is 0 Å². The molecular formula is C4H6O4S2. The van der Waals surface area contributed by atoms with Crippen LogP contribution < -0.4 is 0 Å².